The normalized spacial score (nSPS) is 24.4. The quantitative estimate of drug-likeness (QED) is 0.281. The second-order valence-electron chi connectivity index (χ2n) is 7.33. The number of hydrogen-bond acceptors (Lipinski definition) is 10. The van der Waals surface area contributed by atoms with E-state index in [-0.39, 0.29) is 6.61 Å². The summed E-state index contributed by atoms with van der Waals surface area (Å²) in [6.07, 6.45) is -5.68. The van der Waals surface area contributed by atoms with Crippen LogP contribution < -0.4 is 4.74 Å². The monoisotopic (exact) mass is 530 g/mol. The molecule has 1 aromatic rings. The van der Waals surface area contributed by atoms with Gasteiger partial charge in [0.2, 0.25) is 0 Å². The Kier molecular flexibility index (Phi) is 9.66. The summed E-state index contributed by atoms with van der Waals surface area (Å²) >= 11 is 3.40. The van der Waals surface area contributed by atoms with Gasteiger partial charge in [-0.3, -0.25) is 19.2 Å². The Hall–Kier alpha value is -2.66. The van der Waals surface area contributed by atoms with Gasteiger partial charge >= 0.3 is 23.9 Å². The van der Waals surface area contributed by atoms with Crippen molar-refractivity contribution in [2.24, 2.45) is 0 Å². The average molecular weight is 531 g/mol. The summed E-state index contributed by atoms with van der Waals surface area (Å²) in [4.78, 5) is 47.2. The highest BCUT2D eigenvalue weighted by molar-refractivity contribution is 9.08. The van der Waals surface area contributed by atoms with Gasteiger partial charge in [0.05, 0.1) is 7.11 Å². The number of hydrogen-bond donors (Lipinski definition) is 0. The Morgan fingerprint density at radius 3 is 1.97 bits per heavy atom. The highest BCUT2D eigenvalue weighted by atomic mass is 79.9. The predicted octanol–water partition coefficient (Wildman–Crippen LogP) is 2.39. The van der Waals surface area contributed by atoms with E-state index in [1.807, 2.05) is 6.07 Å². The molecule has 0 amide bonds. The van der Waals surface area contributed by atoms with Gasteiger partial charge in [-0.2, -0.15) is 0 Å². The van der Waals surface area contributed by atoms with Crippen LogP contribution in [0.3, 0.4) is 0 Å². The van der Waals surface area contributed by atoms with Crippen LogP contribution in [0.1, 0.15) is 44.9 Å². The van der Waals surface area contributed by atoms with E-state index in [1.165, 1.54) is 34.8 Å². The minimum absolute atomic E-state index is 0.297. The second-order valence-corrected chi connectivity index (χ2v) is 7.89. The lowest BCUT2D eigenvalue weighted by Crippen LogP contribution is -2.59. The van der Waals surface area contributed by atoms with Crippen molar-refractivity contribution in [2.75, 3.05) is 13.7 Å². The SMILES string of the molecule is COc1ccc(CBr)cc1[C@@H]1O[C@H](COC(C)=O)[C@H](OC(C)=O)[C@H](OC(C)=O)[C@H]1OC(C)=O. The van der Waals surface area contributed by atoms with Crippen molar-refractivity contribution in [2.45, 2.75) is 63.5 Å². The smallest absolute Gasteiger partial charge is 0.303 e. The summed E-state index contributed by atoms with van der Waals surface area (Å²) in [5.41, 5.74) is 1.38. The fourth-order valence-electron chi connectivity index (χ4n) is 3.57. The fraction of sp³-hybridized carbons (Fsp3) is 0.545. The van der Waals surface area contributed by atoms with Gasteiger partial charge in [-0.1, -0.05) is 22.0 Å². The summed E-state index contributed by atoms with van der Waals surface area (Å²) in [6.45, 7) is 4.46. The molecule has 11 heteroatoms. The highest BCUT2D eigenvalue weighted by Gasteiger charge is 2.53. The molecule has 0 saturated carbocycles. The Morgan fingerprint density at radius 2 is 1.45 bits per heavy atom. The van der Waals surface area contributed by atoms with Crippen LogP contribution in [0.2, 0.25) is 0 Å². The first-order chi connectivity index (χ1) is 15.6. The van der Waals surface area contributed by atoms with Crippen LogP contribution in [0, 0.1) is 0 Å². The maximum absolute atomic E-state index is 12.0. The van der Waals surface area contributed by atoms with E-state index in [0.717, 1.165) is 5.56 Å². The number of halogens is 1. The van der Waals surface area contributed by atoms with Crippen molar-refractivity contribution in [1.82, 2.24) is 0 Å². The second kappa shape index (κ2) is 12.0. The number of alkyl halides is 1. The highest BCUT2D eigenvalue weighted by Crippen LogP contribution is 2.41. The summed E-state index contributed by atoms with van der Waals surface area (Å²) in [5, 5.41) is 0.523. The number of rotatable bonds is 8. The minimum Gasteiger partial charge on any atom is -0.496 e. The third-order valence-corrected chi connectivity index (χ3v) is 5.39. The van der Waals surface area contributed by atoms with E-state index in [2.05, 4.69) is 15.9 Å². The predicted molar refractivity (Wildman–Crippen MR) is 117 cm³/mol. The zero-order valence-electron chi connectivity index (χ0n) is 19.0. The van der Waals surface area contributed by atoms with Crippen LogP contribution in [-0.4, -0.2) is 62.0 Å². The zero-order valence-corrected chi connectivity index (χ0v) is 20.6. The zero-order chi connectivity index (χ0) is 24.7. The van der Waals surface area contributed by atoms with E-state index >= 15 is 0 Å². The van der Waals surface area contributed by atoms with E-state index in [0.29, 0.717) is 16.6 Å². The topological polar surface area (TPSA) is 124 Å². The molecule has 5 atom stereocenters. The third kappa shape index (κ3) is 7.16. The van der Waals surface area contributed by atoms with Crippen LogP contribution >= 0.6 is 15.9 Å². The number of carbonyl (C=O) groups is 4. The molecule has 0 N–H and O–H groups in total. The van der Waals surface area contributed by atoms with Crippen molar-refractivity contribution < 1.29 is 47.6 Å². The third-order valence-electron chi connectivity index (χ3n) is 4.75. The van der Waals surface area contributed by atoms with Gasteiger partial charge in [-0.25, -0.2) is 0 Å². The first-order valence-corrected chi connectivity index (χ1v) is 11.2. The van der Waals surface area contributed by atoms with Crippen LogP contribution in [0.25, 0.3) is 0 Å². The van der Waals surface area contributed by atoms with Gasteiger partial charge in [0, 0.05) is 38.6 Å². The van der Waals surface area contributed by atoms with E-state index in [9.17, 15) is 19.2 Å². The van der Waals surface area contributed by atoms with Crippen LogP contribution in [0.5, 0.6) is 5.75 Å². The number of methoxy groups -OCH3 is 1. The van der Waals surface area contributed by atoms with Crippen molar-refractivity contribution >= 4 is 39.8 Å². The molecular weight excluding hydrogens is 504 g/mol. The molecular formula is C22H27BrO10. The molecule has 1 aliphatic heterocycles. The lowest BCUT2D eigenvalue weighted by molar-refractivity contribution is -0.254. The van der Waals surface area contributed by atoms with Gasteiger partial charge in [0.1, 0.15) is 24.6 Å². The molecule has 33 heavy (non-hydrogen) atoms. The molecule has 0 aliphatic carbocycles. The molecule has 1 fully saturated rings. The first-order valence-electron chi connectivity index (χ1n) is 10.1. The maximum atomic E-state index is 12.0. The average Bonchev–Trinajstić information content (AvgIpc) is 2.73. The summed E-state index contributed by atoms with van der Waals surface area (Å²) in [5.74, 6) is -2.20. The summed E-state index contributed by atoms with van der Waals surface area (Å²) in [7, 11) is 1.47. The van der Waals surface area contributed by atoms with Gasteiger partial charge in [0.25, 0.3) is 0 Å². The lowest BCUT2D eigenvalue weighted by atomic mass is 9.89. The van der Waals surface area contributed by atoms with E-state index < -0.39 is 54.4 Å². The maximum Gasteiger partial charge on any atom is 0.303 e. The number of carbonyl (C=O) groups excluding carboxylic acids is 4. The van der Waals surface area contributed by atoms with E-state index in [1.54, 1.807) is 12.1 Å². The molecule has 0 radical (unpaired) electrons. The van der Waals surface area contributed by atoms with Crippen molar-refractivity contribution in [3.8, 4) is 5.75 Å². The fourth-order valence-corrected chi connectivity index (χ4v) is 3.92. The number of ether oxygens (including phenoxy) is 6. The largest absolute Gasteiger partial charge is 0.496 e. The van der Waals surface area contributed by atoms with Gasteiger partial charge in [-0.15, -0.1) is 0 Å². The molecule has 1 aliphatic rings. The minimum atomic E-state index is -1.24. The van der Waals surface area contributed by atoms with Crippen LogP contribution in [0.15, 0.2) is 18.2 Å². The Labute approximate surface area is 199 Å². The molecule has 0 spiro atoms. The summed E-state index contributed by atoms with van der Waals surface area (Å²) in [6, 6.07) is 5.34. The van der Waals surface area contributed by atoms with Gasteiger partial charge < -0.3 is 28.4 Å². The number of esters is 4. The van der Waals surface area contributed by atoms with Crippen LogP contribution in [0.4, 0.5) is 0 Å². The van der Waals surface area contributed by atoms with Crippen molar-refractivity contribution in [3.63, 3.8) is 0 Å². The molecule has 1 aromatic carbocycles. The van der Waals surface area contributed by atoms with E-state index in [4.69, 9.17) is 28.4 Å². The van der Waals surface area contributed by atoms with Crippen molar-refractivity contribution in [1.29, 1.82) is 0 Å². The molecule has 1 heterocycles. The van der Waals surface area contributed by atoms with Gasteiger partial charge in [-0.05, 0) is 17.7 Å². The molecule has 0 unspecified atom stereocenters. The summed E-state index contributed by atoms with van der Waals surface area (Å²) < 4.78 is 33.2. The Bertz CT molecular complexity index is 886. The molecule has 182 valence electrons. The van der Waals surface area contributed by atoms with Gasteiger partial charge in [0.15, 0.2) is 18.3 Å². The Morgan fingerprint density at radius 1 is 0.879 bits per heavy atom. The van der Waals surface area contributed by atoms with Crippen LogP contribution in [-0.2, 0) is 48.2 Å². The standard InChI is InChI=1S/C22H27BrO10/c1-11(24)29-10-18-20(30-12(2)25)22(32-14(4)27)21(31-13(3)26)19(33-18)16-8-15(9-23)6-7-17(16)28-5/h6-8,18-22H,9-10H2,1-5H3/t18-,19+,20+,21+,22+/m1/s1. The number of benzene rings is 1. The first kappa shape index (κ1) is 26.6. The van der Waals surface area contributed by atoms with Crippen molar-refractivity contribution in [3.05, 3.63) is 29.3 Å². The molecule has 1 saturated heterocycles. The molecule has 0 bridgehead atoms. The molecule has 10 nitrogen and oxygen atoms in total. The Balaban J connectivity index is 2.65. The lowest BCUT2D eigenvalue weighted by Gasteiger charge is -2.44. The molecule has 0 aromatic heterocycles. The molecule has 2 rings (SSSR count).